The summed E-state index contributed by atoms with van der Waals surface area (Å²) in [6.07, 6.45) is 49.8. The van der Waals surface area contributed by atoms with Gasteiger partial charge in [-0.2, -0.15) is 0 Å². The van der Waals surface area contributed by atoms with Crippen molar-refractivity contribution in [2.24, 2.45) is 0 Å². The lowest BCUT2D eigenvalue weighted by molar-refractivity contribution is -0.151. The molecule has 3 unspecified atom stereocenters. The van der Waals surface area contributed by atoms with E-state index in [1.807, 2.05) is 0 Å². The lowest BCUT2D eigenvalue weighted by atomic mass is 10.0. The number of hydrogen-bond acceptors (Lipinski definition) is 5. The molecule has 0 bridgehead atoms. The van der Waals surface area contributed by atoms with Crippen LogP contribution >= 0.6 is 0 Å². The normalized spacial score (nSPS) is 13.3. The molecule has 0 spiro atoms. The van der Waals surface area contributed by atoms with Gasteiger partial charge in [-0.25, -0.2) is 0 Å². The maximum atomic E-state index is 13.2. The van der Waals surface area contributed by atoms with Gasteiger partial charge in [-0.3, -0.25) is 9.59 Å². The van der Waals surface area contributed by atoms with Gasteiger partial charge in [0.15, 0.2) is 0 Å². The minimum Gasteiger partial charge on any atom is -0.462 e. The molecule has 3 atom stereocenters. The number of carbonyl (C=O) groups is 2. The average molecular weight is 806 g/mol. The summed E-state index contributed by atoms with van der Waals surface area (Å²) in [5.41, 5.74) is 0. The van der Waals surface area contributed by atoms with Crippen LogP contribution < -0.4 is 5.32 Å². The van der Waals surface area contributed by atoms with Crippen LogP contribution in [0.1, 0.15) is 278 Å². The lowest BCUT2D eigenvalue weighted by Crippen LogP contribution is -2.46. The van der Waals surface area contributed by atoms with Crippen LogP contribution in [-0.4, -0.2) is 46.9 Å². The predicted molar refractivity (Wildman–Crippen MR) is 246 cm³/mol. The van der Waals surface area contributed by atoms with Crippen LogP contribution in [-0.2, 0) is 14.3 Å². The summed E-state index contributed by atoms with van der Waals surface area (Å²) >= 11 is 0. The Kier molecular flexibility index (Phi) is 44.6. The predicted octanol–water partition coefficient (Wildman–Crippen LogP) is 15.0. The first kappa shape index (κ1) is 55.6. The molecule has 0 aromatic carbocycles. The van der Waals surface area contributed by atoms with E-state index in [2.05, 4.69) is 38.2 Å². The highest BCUT2D eigenvalue weighted by Gasteiger charge is 2.24. The lowest BCUT2D eigenvalue weighted by Gasteiger charge is -2.24. The molecule has 57 heavy (non-hydrogen) atoms. The van der Waals surface area contributed by atoms with Gasteiger partial charge in [-0.15, -0.1) is 0 Å². The van der Waals surface area contributed by atoms with E-state index in [-0.39, 0.29) is 24.9 Å². The number of nitrogens with one attached hydrogen (secondary N) is 1. The molecule has 0 aromatic heterocycles. The van der Waals surface area contributed by atoms with Gasteiger partial charge in [0.2, 0.25) is 5.91 Å². The first-order valence-corrected chi connectivity index (χ1v) is 25.4. The first-order valence-electron chi connectivity index (χ1n) is 25.4. The van der Waals surface area contributed by atoms with Crippen molar-refractivity contribution in [1.29, 1.82) is 0 Å². The Morgan fingerprint density at radius 3 is 1.32 bits per heavy atom. The summed E-state index contributed by atoms with van der Waals surface area (Å²) < 4.78 is 5.91. The highest BCUT2D eigenvalue weighted by atomic mass is 16.5. The quantitative estimate of drug-likeness (QED) is 0.0323. The number of aliphatic hydroxyl groups excluding tert-OH is 2. The number of rotatable bonds is 46. The third kappa shape index (κ3) is 41.1. The maximum Gasteiger partial charge on any atom is 0.306 e. The van der Waals surface area contributed by atoms with Crippen molar-refractivity contribution >= 4 is 11.9 Å². The van der Waals surface area contributed by atoms with E-state index in [1.54, 1.807) is 0 Å². The summed E-state index contributed by atoms with van der Waals surface area (Å²) in [6.45, 7) is 6.44. The van der Waals surface area contributed by atoms with Crippen LogP contribution in [0.3, 0.4) is 0 Å². The van der Waals surface area contributed by atoms with E-state index in [4.69, 9.17) is 4.74 Å². The molecule has 0 heterocycles. The zero-order valence-electron chi connectivity index (χ0n) is 38.5. The molecule has 6 nitrogen and oxygen atoms in total. The number of hydrogen-bond donors (Lipinski definition) is 3. The highest BCUT2D eigenvalue weighted by Crippen LogP contribution is 2.18. The third-order valence-corrected chi connectivity index (χ3v) is 11.8. The molecule has 338 valence electrons. The van der Waals surface area contributed by atoms with Gasteiger partial charge in [-0.1, -0.05) is 232 Å². The molecule has 3 N–H and O–H groups in total. The molecular weight excluding hydrogens is 707 g/mol. The van der Waals surface area contributed by atoms with E-state index in [0.29, 0.717) is 19.3 Å². The van der Waals surface area contributed by atoms with Crippen LogP contribution in [0.25, 0.3) is 0 Å². The van der Waals surface area contributed by atoms with Crippen LogP contribution in [0.5, 0.6) is 0 Å². The van der Waals surface area contributed by atoms with Gasteiger partial charge < -0.3 is 20.3 Å². The number of esters is 1. The van der Waals surface area contributed by atoms with Crippen LogP contribution in [0, 0.1) is 0 Å². The Balaban J connectivity index is 4.49. The molecule has 0 rings (SSSR count). The highest BCUT2D eigenvalue weighted by molar-refractivity contribution is 5.77. The molecule has 0 saturated heterocycles. The van der Waals surface area contributed by atoms with Crippen LogP contribution in [0.15, 0.2) is 12.2 Å². The minimum absolute atomic E-state index is 0.0811. The summed E-state index contributed by atoms with van der Waals surface area (Å²) in [4.78, 5) is 26.0. The summed E-state index contributed by atoms with van der Waals surface area (Å²) in [5, 5.41) is 23.8. The van der Waals surface area contributed by atoms with E-state index in [9.17, 15) is 19.8 Å². The van der Waals surface area contributed by atoms with Crippen molar-refractivity contribution in [2.45, 2.75) is 296 Å². The summed E-state index contributed by atoms with van der Waals surface area (Å²) in [7, 11) is 0. The third-order valence-electron chi connectivity index (χ3n) is 11.8. The van der Waals surface area contributed by atoms with Gasteiger partial charge in [0.05, 0.1) is 25.2 Å². The molecule has 0 radical (unpaired) electrons. The van der Waals surface area contributed by atoms with Crippen molar-refractivity contribution in [1.82, 2.24) is 5.32 Å². The SMILES string of the molecule is CCC/C=C\CCCCCCCC(=O)OC(CCCCCCCCCCCCCCC)CC(=O)NC(CO)C(O)CCCCCCCCCCCCCCCCC. The number of carbonyl (C=O) groups excluding carboxylic acids is 2. The number of amides is 1. The molecule has 0 aliphatic rings. The molecule has 0 aromatic rings. The van der Waals surface area contributed by atoms with Crippen LogP contribution in [0.2, 0.25) is 0 Å². The summed E-state index contributed by atoms with van der Waals surface area (Å²) in [6, 6.07) is -0.695. The van der Waals surface area contributed by atoms with E-state index < -0.39 is 18.2 Å². The molecule has 0 saturated carbocycles. The number of aliphatic hydroxyl groups is 2. The Morgan fingerprint density at radius 1 is 0.491 bits per heavy atom. The van der Waals surface area contributed by atoms with Gasteiger partial charge >= 0.3 is 5.97 Å². The van der Waals surface area contributed by atoms with E-state index >= 15 is 0 Å². The second kappa shape index (κ2) is 45.7. The van der Waals surface area contributed by atoms with Gasteiger partial charge in [0, 0.05) is 6.42 Å². The molecule has 0 fully saturated rings. The van der Waals surface area contributed by atoms with Crippen molar-refractivity contribution in [3.05, 3.63) is 12.2 Å². The molecule has 0 aliphatic carbocycles. The Labute approximate surface area is 355 Å². The number of unbranched alkanes of at least 4 members (excludes halogenated alkanes) is 32. The molecule has 1 amide bonds. The standard InChI is InChI=1S/C51H99NO5/c1-4-7-10-13-16-19-22-24-25-27-29-31-34-37-40-43-49(54)48(46-53)52-50(55)45-47(42-39-36-33-30-28-26-23-20-17-14-11-8-5-2)57-51(56)44-41-38-35-32-21-18-15-12-9-6-3/h12,15,47-49,53-54H,4-11,13-14,16-46H2,1-3H3,(H,52,55)/b15-12-. The van der Waals surface area contributed by atoms with Gasteiger partial charge in [-0.05, 0) is 44.9 Å². The smallest absolute Gasteiger partial charge is 0.306 e. The van der Waals surface area contributed by atoms with E-state index in [0.717, 1.165) is 57.8 Å². The molecule has 0 aliphatic heterocycles. The minimum atomic E-state index is -0.782. The fraction of sp³-hybridized carbons (Fsp3) is 0.922. The molecular formula is C51H99NO5. The Bertz CT molecular complexity index is 863. The van der Waals surface area contributed by atoms with Gasteiger partial charge in [0.1, 0.15) is 6.10 Å². The fourth-order valence-corrected chi connectivity index (χ4v) is 7.96. The van der Waals surface area contributed by atoms with Crippen molar-refractivity contribution in [2.75, 3.05) is 6.61 Å². The zero-order chi connectivity index (χ0) is 41.7. The van der Waals surface area contributed by atoms with Gasteiger partial charge in [0.25, 0.3) is 0 Å². The summed E-state index contributed by atoms with van der Waals surface area (Å²) in [5.74, 6) is -0.470. The largest absolute Gasteiger partial charge is 0.462 e. The number of allylic oxidation sites excluding steroid dienone is 2. The van der Waals surface area contributed by atoms with Crippen molar-refractivity contribution in [3.63, 3.8) is 0 Å². The van der Waals surface area contributed by atoms with Crippen molar-refractivity contribution < 1.29 is 24.5 Å². The Morgan fingerprint density at radius 2 is 0.877 bits per heavy atom. The second-order valence-electron chi connectivity index (χ2n) is 17.6. The average Bonchev–Trinajstić information content (AvgIpc) is 3.20. The van der Waals surface area contributed by atoms with E-state index in [1.165, 1.54) is 173 Å². The molecule has 6 heteroatoms. The monoisotopic (exact) mass is 806 g/mol. The topological polar surface area (TPSA) is 95.9 Å². The zero-order valence-corrected chi connectivity index (χ0v) is 38.5. The first-order chi connectivity index (χ1) is 28.0. The van der Waals surface area contributed by atoms with Crippen LogP contribution in [0.4, 0.5) is 0 Å². The fourth-order valence-electron chi connectivity index (χ4n) is 7.96. The maximum absolute atomic E-state index is 13.2. The van der Waals surface area contributed by atoms with Crippen molar-refractivity contribution in [3.8, 4) is 0 Å². The second-order valence-corrected chi connectivity index (χ2v) is 17.6. The Hall–Kier alpha value is -1.40. The number of ether oxygens (including phenoxy) is 1.